The second kappa shape index (κ2) is 9.72. The van der Waals surface area contributed by atoms with Crippen molar-refractivity contribution in [1.82, 2.24) is 0 Å². The average Bonchev–Trinajstić information content (AvgIpc) is 3.06. The Morgan fingerprint density at radius 3 is 2.54 bits per heavy atom. The van der Waals surface area contributed by atoms with Crippen molar-refractivity contribution in [3.63, 3.8) is 0 Å². The molecule has 2 aliphatic carbocycles. The number of fused-ring (bicyclic) bond motifs is 3. The Kier molecular flexibility index (Phi) is 7.46. The molecule has 2 fully saturated rings. The molecule has 0 radical (unpaired) electrons. The summed E-state index contributed by atoms with van der Waals surface area (Å²) in [6, 6.07) is 0. The highest BCUT2D eigenvalue weighted by atomic mass is 16.6. The van der Waals surface area contributed by atoms with Crippen LogP contribution in [0.25, 0.3) is 0 Å². The van der Waals surface area contributed by atoms with E-state index in [1.807, 2.05) is 13.8 Å². The molecule has 3 rings (SSSR count). The molecule has 0 spiro atoms. The van der Waals surface area contributed by atoms with Crippen LogP contribution in [-0.2, 0) is 33.4 Å². The summed E-state index contributed by atoms with van der Waals surface area (Å²) in [4.78, 5) is 51.8. The van der Waals surface area contributed by atoms with E-state index in [2.05, 4.69) is 6.58 Å². The average molecular weight is 489 g/mol. The van der Waals surface area contributed by atoms with Crippen LogP contribution in [0.1, 0.15) is 60.8 Å². The van der Waals surface area contributed by atoms with Gasteiger partial charge in [-0.05, 0) is 45.6 Å². The molecule has 1 N–H and O–H groups in total. The van der Waals surface area contributed by atoms with Crippen molar-refractivity contribution < 1.29 is 38.5 Å². The fourth-order valence-corrected chi connectivity index (χ4v) is 5.36. The summed E-state index contributed by atoms with van der Waals surface area (Å²) in [5, 5.41) is 10.4. The molecule has 0 aromatic heterocycles. The van der Waals surface area contributed by atoms with Crippen LogP contribution >= 0.6 is 0 Å². The SMILES string of the molecule is C=C1C(=O)OC2C(C)C3C=CC(=O)C3(C)C(OC(=O)C=C(C)CC)C1C2OC(=O)CC(C)(O)CC. The second-order valence-electron chi connectivity index (χ2n) is 10.5. The van der Waals surface area contributed by atoms with E-state index in [1.54, 1.807) is 26.8 Å². The van der Waals surface area contributed by atoms with Crippen LogP contribution in [0.3, 0.4) is 0 Å². The second-order valence-corrected chi connectivity index (χ2v) is 10.5. The Hall–Kier alpha value is -2.74. The topological polar surface area (TPSA) is 116 Å². The standard InChI is InChI=1S/C27H36O8/c1-8-14(3)12-19(29)34-24-21-16(5)25(31)35-22(15(4)17-10-11-18(28)27(17,24)7)23(21)33-20(30)13-26(6,32)9-2/h10-12,15,17,21-24,32H,5,8-9,13H2,1-4,6-7H3. The van der Waals surface area contributed by atoms with E-state index in [-0.39, 0.29) is 17.8 Å². The van der Waals surface area contributed by atoms with Crippen molar-refractivity contribution in [1.29, 1.82) is 0 Å². The lowest BCUT2D eigenvalue weighted by atomic mass is 9.67. The Morgan fingerprint density at radius 2 is 1.94 bits per heavy atom. The predicted molar refractivity (Wildman–Crippen MR) is 127 cm³/mol. The number of allylic oxidation sites excluding steroid dienone is 3. The molecule has 8 heteroatoms. The maximum absolute atomic E-state index is 13.2. The first-order valence-electron chi connectivity index (χ1n) is 12.2. The van der Waals surface area contributed by atoms with Gasteiger partial charge in [-0.2, -0.15) is 0 Å². The van der Waals surface area contributed by atoms with Gasteiger partial charge in [0.2, 0.25) is 0 Å². The van der Waals surface area contributed by atoms with Crippen molar-refractivity contribution in [2.75, 3.05) is 0 Å². The summed E-state index contributed by atoms with van der Waals surface area (Å²) >= 11 is 0. The number of hydrogen-bond donors (Lipinski definition) is 1. The van der Waals surface area contributed by atoms with E-state index in [0.717, 1.165) is 5.57 Å². The highest BCUT2D eigenvalue weighted by molar-refractivity contribution is 5.99. The van der Waals surface area contributed by atoms with E-state index < -0.39 is 65.0 Å². The fraction of sp³-hybridized carbons (Fsp3) is 0.630. The van der Waals surface area contributed by atoms with Crippen molar-refractivity contribution in [3.8, 4) is 0 Å². The molecule has 3 aliphatic rings. The quantitative estimate of drug-likeness (QED) is 0.330. The molecular weight excluding hydrogens is 452 g/mol. The van der Waals surface area contributed by atoms with Crippen LogP contribution in [0.2, 0.25) is 0 Å². The first-order chi connectivity index (χ1) is 16.3. The van der Waals surface area contributed by atoms with Crippen LogP contribution in [0.15, 0.2) is 36.0 Å². The molecule has 1 heterocycles. The lowest BCUT2D eigenvalue weighted by molar-refractivity contribution is -0.190. The Labute approximate surface area is 206 Å². The fourth-order valence-electron chi connectivity index (χ4n) is 5.36. The number of hydrogen-bond acceptors (Lipinski definition) is 8. The number of ether oxygens (including phenoxy) is 3. The molecule has 0 aromatic rings. The highest BCUT2D eigenvalue weighted by Crippen LogP contribution is 2.55. The minimum Gasteiger partial charge on any atom is -0.457 e. The number of aliphatic hydroxyl groups is 1. The molecule has 8 unspecified atom stereocenters. The Morgan fingerprint density at radius 1 is 1.29 bits per heavy atom. The lowest BCUT2D eigenvalue weighted by Gasteiger charge is -2.42. The first kappa shape index (κ1) is 26.9. The van der Waals surface area contributed by atoms with Crippen molar-refractivity contribution in [2.24, 2.45) is 23.2 Å². The van der Waals surface area contributed by atoms with Gasteiger partial charge in [0.25, 0.3) is 0 Å². The van der Waals surface area contributed by atoms with Gasteiger partial charge in [0.05, 0.1) is 23.4 Å². The molecular formula is C27H36O8. The van der Waals surface area contributed by atoms with Crippen LogP contribution in [0, 0.1) is 23.2 Å². The van der Waals surface area contributed by atoms with E-state index >= 15 is 0 Å². The number of carbonyl (C=O) groups excluding carboxylic acids is 4. The number of esters is 3. The number of ketones is 1. The lowest BCUT2D eigenvalue weighted by Crippen LogP contribution is -2.55. The molecule has 8 atom stereocenters. The van der Waals surface area contributed by atoms with E-state index in [9.17, 15) is 24.3 Å². The van der Waals surface area contributed by atoms with Gasteiger partial charge < -0.3 is 19.3 Å². The third kappa shape index (κ3) is 4.85. The van der Waals surface area contributed by atoms with Crippen molar-refractivity contribution in [2.45, 2.75) is 84.7 Å². The molecule has 0 aromatic carbocycles. The van der Waals surface area contributed by atoms with Gasteiger partial charge >= 0.3 is 17.9 Å². The van der Waals surface area contributed by atoms with Crippen molar-refractivity contribution in [3.05, 3.63) is 36.0 Å². The van der Waals surface area contributed by atoms with E-state index in [1.165, 1.54) is 19.1 Å². The molecule has 8 nitrogen and oxygen atoms in total. The zero-order chi connectivity index (χ0) is 26.3. The predicted octanol–water partition coefficient (Wildman–Crippen LogP) is 3.23. The normalized spacial score (nSPS) is 36.1. The van der Waals surface area contributed by atoms with Crippen LogP contribution in [0.5, 0.6) is 0 Å². The van der Waals surface area contributed by atoms with Crippen LogP contribution in [-0.4, -0.2) is 52.7 Å². The molecule has 0 amide bonds. The zero-order valence-corrected chi connectivity index (χ0v) is 21.3. The Balaban J connectivity index is 2.10. The van der Waals surface area contributed by atoms with Gasteiger partial charge in [0, 0.05) is 17.6 Å². The van der Waals surface area contributed by atoms with Gasteiger partial charge in [0.15, 0.2) is 5.78 Å². The zero-order valence-electron chi connectivity index (χ0n) is 21.3. The summed E-state index contributed by atoms with van der Waals surface area (Å²) in [7, 11) is 0. The minimum absolute atomic E-state index is 0.0240. The molecule has 2 bridgehead atoms. The minimum atomic E-state index is -1.27. The highest BCUT2D eigenvalue weighted by Gasteiger charge is 2.65. The summed E-state index contributed by atoms with van der Waals surface area (Å²) in [6.07, 6.45) is 2.25. The largest absolute Gasteiger partial charge is 0.457 e. The maximum atomic E-state index is 13.2. The number of rotatable bonds is 7. The third-order valence-corrected chi connectivity index (χ3v) is 7.99. The summed E-state index contributed by atoms with van der Waals surface area (Å²) in [5.74, 6) is -4.10. The van der Waals surface area contributed by atoms with Crippen LogP contribution in [0.4, 0.5) is 0 Å². The summed E-state index contributed by atoms with van der Waals surface area (Å²) in [5.41, 5.74) is -1.71. The van der Waals surface area contributed by atoms with Gasteiger partial charge in [-0.25, -0.2) is 9.59 Å². The monoisotopic (exact) mass is 488 g/mol. The van der Waals surface area contributed by atoms with E-state index in [0.29, 0.717) is 12.8 Å². The molecule has 1 aliphatic heterocycles. The van der Waals surface area contributed by atoms with E-state index in [4.69, 9.17) is 14.2 Å². The Bertz CT molecular complexity index is 989. The molecule has 1 saturated carbocycles. The summed E-state index contributed by atoms with van der Waals surface area (Å²) in [6.45, 7) is 14.4. The van der Waals surface area contributed by atoms with Crippen LogP contribution < -0.4 is 0 Å². The summed E-state index contributed by atoms with van der Waals surface area (Å²) < 4.78 is 17.5. The van der Waals surface area contributed by atoms with Gasteiger partial charge in [-0.15, -0.1) is 0 Å². The van der Waals surface area contributed by atoms with Gasteiger partial charge in [0.1, 0.15) is 18.3 Å². The van der Waals surface area contributed by atoms with Gasteiger partial charge in [-0.3, -0.25) is 9.59 Å². The van der Waals surface area contributed by atoms with Gasteiger partial charge in [-0.1, -0.05) is 39.0 Å². The molecule has 35 heavy (non-hydrogen) atoms. The molecule has 1 saturated heterocycles. The molecule has 192 valence electrons. The first-order valence-corrected chi connectivity index (χ1v) is 12.2. The van der Waals surface area contributed by atoms with Crippen molar-refractivity contribution >= 4 is 23.7 Å². The smallest absolute Gasteiger partial charge is 0.334 e. The third-order valence-electron chi connectivity index (χ3n) is 7.99. The maximum Gasteiger partial charge on any atom is 0.334 e. The number of carbonyl (C=O) groups is 4.